The van der Waals surface area contributed by atoms with Crippen LogP contribution >= 0.6 is 11.6 Å². The summed E-state index contributed by atoms with van der Waals surface area (Å²) in [7, 11) is 1.51. The predicted octanol–water partition coefficient (Wildman–Crippen LogP) is 3.94. The third kappa shape index (κ3) is 4.05. The maximum Gasteiger partial charge on any atom is 0.346 e. The van der Waals surface area contributed by atoms with E-state index in [1.807, 2.05) is 25.1 Å². The molecule has 1 fully saturated rings. The van der Waals surface area contributed by atoms with Gasteiger partial charge in [0, 0.05) is 0 Å². The number of halogens is 1. The van der Waals surface area contributed by atoms with Crippen molar-refractivity contribution in [3.63, 3.8) is 0 Å². The molecule has 2 aromatic carbocycles. The van der Waals surface area contributed by atoms with Crippen LogP contribution in [0.1, 0.15) is 31.4 Å². The molecule has 7 nitrogen and oxygen atoms in total. The van der Waals surface area contributed by atoms with Crippen LogP contribution in [0.4, 0.5) is 4.79 Å². The molecule has 2 aromatic rings. The molecule has 0 spiro atoms. The van der Waals surface area contributed by atoms with Gasteiger partial charge >= 0.3 is 6.03 Å². The summed E-state index contributed by atoms with van der Waals surface area (Å²) in [5, 5.41) is 7.95. The Bertz CT molecular complexity index is 948. The van der Waals surface area contributed by atoms with Gasteiger partial charge in [-0.1, -0.05) is 48.9 Å². The molecule has 0 bridgehead atoms. The lowest BCUT2D eigenvalue weighted by molar-refractivity contribution is -0.131. The van der Waals surface area contributed by atoms with E-state index in [1.54, 1.807) is 31.2 Å². The van der Waals surface area contributed by atoms with Crippen molar-refractivity contribution < 1.29 is 19.1 Å². The van der Waals surface area contributed by atoms with Crippen LogP contribution in [-0.2, 0) is 10.3 Å². The van der Waals surface area contributed by atoms with E-state index in [-0.39, 0.29) is 0 Å². The first-order valence-corrected chi connectivity index (χ1v) is 9.55. The minimum Gasteiger partial charge on any atom is -0.493 e. The molecule has 8 heteroatoms. The van der Waals surface area contributed by atoms with Crippen molar-refractivity contribution in [2.45, 2.75) is 25.8 Å². The summed E-state index contributed by atoms with van der Waals surface area (Å²) in [5.74, 6) is 0.421. The Morgan fingerprint density at radius 2 is 1.97 bits per heavy atom. The van der Waals surface area contributed by atoms with Crippen molar-refractivity contribution in [2.75, 3.05) is 13.7 Å². The number of benzene rings is 2. The molecule has 29 heavy (non-hydrogen) atoms. The fraction of sp³-hybridized carbons (Fsp3) is 0.286. The first kappa shape index (κ1) is 20.7. The lowest BCUT2D eigenvalue weighted by Gasteiger charge is -2.20. The number of carbonyl (C=O) groups is 2. The average Bonchev–Trinajstić information content (AvgIpc) is 2.95. The lowest BCUT2D eigenvalue weighted by Crippen LogP contribution is -2.40. The van der Waals surface area contributed by atoms with Crippen LogP contribution in [0.5, 0.6) is 11.5 Å². The minimum atomic E-state index is -1.18. The minimum absolute atomic E-state index is 0.352. The van der Waals surface area contributed by atoms with Gasteiger partial charge in [0.05, 0.1) is 25.0 Å². The molecule has 0 saturated carbocycles. The highest BCUT2D eigenvalue weighted by Gasteiger charge is 2.49. The molecule has 0 aliphatic carbocycles. The van der Waals surface area contributed by atoms with Crippen molar-refractivity contribution >= 4 is 29.8 Å². The van der Waals surface area contributed by atoms with Crippen molar-refractivity contribution in [3.8, 4) is 11.5 Å². The number of methoxy groups -OCH3 is 1. The summed E-state index contributed by atoms with van der Waals surface area (Å²) in [5.41, 5.74) is 0.0610. The molecule has 1 aliphatic rings. The summed E-state index contributed by atoms with van der Waals surface area (Å²) in [6, 6.07) is 11.7. The summed E-state index contributed by atoms with van der Waals surface area (Å²) in [4.78, 5) is 25.2. The highest BCUT2D eigenvalue weighted by atomic mass is 35.5. The van der Waals surface area contributed by atoms with Gasteiger partial charge in [-0.3, -0.25) is 4.79 Å². The quantitative estimate of drug-likeness (QED) is 0.548. The molecule has 1 atom stereocenters. The van der Waals surface area contributed by atoms with Gasteiger partial charge in [-0.15, -0.1) is 5.01 Å². The lowest BCUT2D eigenvalue weighted by atomic mass is 9.92. The second-order valence-electron chi connectivity index (χ2n) is 6.67. The Morgan fingerprint density at radius 1 is 1.24 bits per heavy atom. The van der Waals surface area contributed by atoms with Gasteiger partial charge < -0.3 is 14.8 Å². The first-order chi connectivity index (χ1) is 13.9. The van der Waals surface area contributed by atoms with E-state index in [9.17, 15) is 9.59 Å². The van der Waals surface area contributed by atoms with Gasteiger partial charge in [0.25, 0.3) is 5.91 Å². The highest BCUT2D eigenvalue weighted by Crippen LogP contribution is 2.36. The molecule has 0 unspecified atom stereocenters. The monoisotopic (exact) mass is 415 g/mol. The third-order valence-corrected chi connectivity index (χ3v) is 4.83. The van der Waals surface area contributed by atoms with E-state index >= 15 is 0 Å². The van der Waals surface area contributed by atoms with Crippen LogP contribution in [0.3, 0.4) is 0 Å². The number of hydrazone groups is 1. The predicted molar refractivity (Wildman–Crippen MR) is 111 cm³/mol. The Balaban J connectivity index is 1.85. The summed E-state index contributed by atoms with van der Waals surface area (Å²) in [6.45, 7) is 4.14. The van der Waals surface area contributed by atoms with Gasteiger partial charge in [-0.25, -0.2) is 4.79 Å². The number of urea groups is 1. The second kappa shape index (κ2) is 8.53. The molecule has 0 aromatic heterocycles. The zero-order chi connectivity index (χ0) is 21.0. The third-order valence-electron chi connectivity index (χ3n) is 4.55. The number of hydrogen-bond acceptors (Lipinski definition) is 5. The Kier molecular flexibility index (Phi) is 6.08. The molecule has 3 rings (SSSR count). The normalized spacial score (nSPS) is 19.0. The summed E-state index contributed by atoms with van der Waals surface area (Å²) in [6.07, 6.45) is 2.21. The molecule has 1 aliphatic heterocycles. The molecule has 152 valence electrons. The molecule has 1 saturated heterocycles. The van der Waals surface area contributed by atoms with Crippen molar-refractivity contribution in [1.29, 1.82) is 0 Å². The van der Waals surface area contributed by atoms with Crippen molar-refractivity contribution in [2.24, 2.45) is 5.10 Å². The van der Waals surface area contributed by atoms with Crippen LogP contribution in [0.15, 0.2) is 47.6 Å². The van der Waals surface area contributed by atoms with Gasteiger partial charge in [0.15, 0.2) is 11.5 Å². The van der Waals surface area contributed by atoms with E-state index < -0.39 is 17.5 Å². The molecule has 1 N–H and O–H groups in total. The zero-order valence-electron chi connectivity index (χ0n) is 16.4. The average molecular weight is 416 g/mol. The number of nitrogens with zero attached hydrogens (tertiary/aromatic N) is 2. The Labute approximate surface area is 174 Å². The van der Waals surface area contributed by atoms with Crippen LogP contribution in [0.25, 0.3) is 0 Å². The topological polar surface area (TPSA) is 80.2 Å². The maximum absolute atomic E-state index is 12.9. The van der Waals surface area contributed by atoms with E-state index in [1.165, 1.54) is 13.3 Å². The SMILES string of the molecule is CCCOc1c(Cl)cc(/C=N\N2C(=O)N[C@@](C)(c3ccccc3)C2=O)cc1OC. The number of hydrogen-bond donors (Lipinski definition) is 1. The van der Waals surface area contributed by atoms with Gasteiger partial charge in [-0.05, 0) is 36.6 Å². The van der Waals surface area contributed by atoms with E-state index in [2.05, 4.69) is 10.4 Å². The Morgan fingerprint density at radius 3 is 2.62 bits per heavy atom. The number of rotatable bonds is 7. The fourth-order valence-corrected chi connectivity index (χ4v) is 3.25. The molecule has 0 radical (unpaired) electrons. The zero-order valence-corrected chi connectivity index (χ0v) is 17.2. The number of ether oxygens (including phenoxy) is 2. The highest BCUT2D eigenvalue weighted by molar-refractivity contribution is 6.32. The summed E-state index contributed by atoms with van der Waals surface area (Å²) < 4.78 is 11.0. The smallest absolute Gasteiger partial charge is 0.346 e. The number of carbonyl (C=O) groups excluding carboxylic acids is 2. The van der Waals surface area contributed by atoms with Gasteiger partial charge in [0.1, 0.15) is 5.54 Å². The maximum atomic E-state index is 12.9. The Hall–Kier alpha value is -3.06. The second-order valence-corrected chi connectivity index (χ2v) is 7.07. The fourth-order valence-electron chi connectivity index (χ4n) is 2.98. The van der Waals surface area contributed by atoms with E-state index in [4.69, 9.17) is 21.1 Å². The number of nitrogens with one attached hydrogen (secondary N) is 1. The molecule has 1 heterocycles. The van der Waals surface area contributed by atoms with Crippen molar-refractivity contribution in [1.82, 2.24) is 10.3 Å². The first-order valence-electron chi connectivity index (χ1n) is 9.17. The standard InChI is InChI=1S/C21H22ClN3O4/c1-4-10-29-18-16(22)11-14(12-17(18)28-3)13-23-25-19(26)21(2,24-20(25)27)15-8-6-5-7-9-15/h5-9,11-13H,4,10H2,1-3H3,(H,24,27)/b23-13-/t21-/m0/s1. The van der Waals surface area contributed by atoms with Crippen molar-refractivity contribution in [3.05, 3.63) is 58.6 Å². The number of imide groups is 1. The van der Waals surface area contributed by atoms with Crippen LogP contribution < -0.4 is 14.8 Å². The molecule has 3 amide bonds. The van der Waals surface area contributed by atoms with E-state index in [0.717, 1.165) is 11.4 Å². The van der Waals surface area contributed by atoms with Crippen LogP contribution in [0, 0.1) is 0 Å². The van der Waals surface area contributed by atoms with Gasteiger partial charge in [-0.2, -0.15) is 5.10 Å². The molecular weight excluding hydrogens is 394 g/mol. The number of amides is 3. The van der Waals surface area contributed by atoms with E-state index in [0.29, 0.717) is 34.3 Å². The largest absolute Gasteiger partial charge is 0.493 e. The van der Waals surface area contributed by atoms with Crippen LogP contribution in [0.2, 0.25) is 5.02 Å². The van der Waals surface area contributed by atoms with Crippen LogP contribution in [-0.4, -0.2) is 36.9 Å². The summed E-state index contributed by atoms with van der Waals surface area (Å²) >= 11 is 6.30. The van der Waals surface area contributed by atoms with Gasteiger partial charge in [0.2, 0.25) is 0 Å². The molecular formula is C21H22ClN3O4.